The van der Waals surface area contributed by atoms with E-state index in [0.29, 0.717) is 11.3 Å². The van der Waals surface area contributed by atoms with Crippen LogP contribution in [0.3, 0.4) is 0 Å². The number of ether oxygens (including phenoxy) is 1. The number of hydrogen-bond donors (Lipinski definition) is 0. The molecule has 0 saturated heterocycles. The molecule has 150 valence electrons. The molecular formula is C20H12Cl3F3N2O. The number of nitrogens with zero attached hydrogens (tertiary/aromatic N) is 2. The Hall–Kier alpha value is -2.33. The second-order valence-electron chi connectivity index (χ2n) is 6.06. The summed E-state index contributed by atoms with van der Waals surface area (Å²) in [5.41, 5.74) is -0.848. The van der Waals surface area contributed by atoms with E-state index in [0.717, 1.165) is 0 Å². The van der Waals surface area contributed by atoms with Crippen LogP contribution in [0.2, 0.25) is 15.1 Å². The molecule has 0 bridgehead atoms. The largest absolute Gasteiger partial charge is 0.497 e. The SMILES string of the molecule is COc1ccc(Cn2c(C#N)c(Cl)c(C(F)(F)F)c2-c2ccc(Cl)c(Cl)c2)cc1. The maximum absolute atomic E-state index is 13.9. The van der Waals surface area contributed by atoms with Gasteiger partial charge in [0.15, 0.2) is 0 Å². The van der Waals surface area contributed by atoms with Gasteiger partial charge in [-0.3, -0.25) is 0 Å². The molecule has 3 nitrogen and oxygen atoms in total. The summed E-state index contributed by atoms with van der Waals surface area (Å²) in [6, 6.07) is 12.6. The van der Waals surface area contributed by atoms with Crippen molar-refractivity contribution in [1.82, 2.24) is 4.57 Å². The molecule has 0 unspecified atom stereocenters. The van der Waals surface area contributed by atoms with Crippen molar-refractivity contribution in [2.45, 2.75) is 12.7 Å². The van der Waals surface area contributed by atoms with Crippen LogP contribution in [0, 0.1) is 11.3 Å². The minimum atomic E-state index is -4.78. The van der Waals surface area contributed by atoms with Gasteiger partial charge < -0.3 is 9.30 Å². The third-order valence-electron chi connectivity index (χ3n) is 4.29. The number of nitriles is 1. The minimum absolute atomic E-state index is 0.0156. The predicted molar refractivity (Wildman–Crippen MR) is 107 cm³/mol. The highest BCUT2D eigenvalue weighted by Crippen LogP contribution is 2.46. The topological polar surface area (TPSA) is 38.0 Å². The van der Waals surface area contributed by atoms with Crippen molar-refractivity contribution in [2.24, 2.45) is 0 Å². The summed E-state index contributed by atoms with van der Waals surface area (Å²) in [6.45, 7) is -0.0156. The first-order chi connectivity index (χ1) is 13.7. The maximum atomic E-state index is 13.9. The summed E-state index contributed by atoms with van der Waals surface area (Å²) in [5, 5.41) is 9.15. The van der Waals surface area contributed by atoms with E-state index in [-0.39, 0.29) is 33.5 Å². The highest BCUT2D eigenvalue weighted by molar-refractivity contribution is 6.42. The molecule has 1 aromatic heterocycles. The van der Waals surface area contributed by atoms with Gasteiger partial charge >= 0.3 is 6.18 Å². The van der Waals surface area contributed by atoms with E-state index in [4.69, 9.17) is 39.5 Å². The molecule has 0 fully saturated rings. The fourth-order valence-corrected chi connectivity index (χ4v) is 3.61. The molecule has 29 heavy (non-hydrogen) atoms. The van der Waals surface area contributed by atoms with Crippen LogP contribution in [-0.2, 0) is 12.7 Å². The standard InChI is InChI=1S/C20H12Cl3F3N2O/c1-29-13-5-2-11(3-6-13)10-28-16(9-27)18(23)17(20(24,25)26)19(28)12-4-7-14(21)15(22)8-12/h2-8H,10H2,1H3. The number of aromatic nitrogens is 1. The fraction of sp³-hybridized carbons (Fsp3) is 0.150. The van der Waals surface area contributed by atoms with Crippen LogP contribution >= 0.6 is 34.8 Å². The Morgan fingerprint density at radius 3 is 2.21 bits per heavy atom. The lowest BCUT2D eigenvalue weighted by Gasteiger charge is -2.15. The van der Waals surface area contributed by atoms with Crippen molar-refractivity contribution < 1.29 is 17.9 Å². The monoisotopic (exact) mass is 458 g/mol. The van der Waals surface area contributed by atoms with Crippen molar-refractivity contribution in [1.29, 1.82) is 5.26 Å². The Labute approximate surface area is 179 Å². The van der Waals surface area contributed by atoms with Gasteiger partial charge in [0, 0.05) is 12.1 Å². The van der Waals surface area contributed by atoms with Gasteiger partial charge in [0.2, 0.25) is 0 Å². The van der Waals surface area contributed by atoms with Gasteiger partial charge in [-0.1, -0.05) is 53.0 Å². The zero-order valence-corrected chi connectivity index (χ0v) is 17.1. The van der Waals surface area contributed by atoms with E-state index in [1.54, 1.807) is 30.3 Å². The Morgan fingerprint density at radius 2 is 1.69 bits per heavy atom. The van der Waals surface area contributed by atoms with Gasteiger partial charge in [-0.2, -0.15) is 18.4 Å². The van der Waals surface area contributed by atoms with Gasteiger partial charge in [-0.25, -0.2) is 0 Å². The molecule has 3 aromatic rings. The van der Waals surface area contributed by atoms with Gasteiger partial charge in [-0.05, 0) is 29.8 Å². The first-order valence-corrected chi connectivity index (χ1v) is 9.28. The lowest BCUT2D eigenvalue weighted by molar-refractivity contribution is -0.136. The van der Waals surface area contributed by atoms with Crippen LogP contribution in [0.15, 0.2) is 42.5 Å². The van der Waals surface area contributed by atoms with Crippen LogP contribution in [0.4, 0.5) is 13.2 Å². The summed E-state index contributed by atoms with van der Waals surface area (Å²) in [5.74, 6) is 0.598. The molecule has 2 aromatic carbocycles. The van der Waals surface area contributed by atoms with Crippen molar-refractivity contribution in [3.05, 3.63) is 74.4 Å². The number of rotatable bonds is 4. The number of methoxy groups -OCH3 is 1. The normalized spacial score (nSPS) is 11.4. The van der Waals surface area contributed by atoms with E-state index in [9.17, 15) is 18.4 Å². The van der Waals surface area contributed by atoms with Crippen molar-refractivity contribution in [3.63, 3.8) is 0 Å². The van der Waals surface area contributed by atoms with Gasteiger partial charge in [-0.15, -0.1) is 0 Å². The van der Waals surface area contributed by atoms with Gasteiger partial charge in [0.05, 0.1) is 27.9 Å². The molecule has 0 amide bonds. The van der Waals surface area contributed by atoms with Gasteiger partial charge in [0.25, 0.3) is 0 Å². The third kappa shape index (κ3) is 4.18. The molecule has 9 heteroatoms. The second-order valence-corrected chi connectivity index (χ2v) is 7.25. The van der Waals surface area contributed by atoms with Crippen molar-refractivity contribution in [2.75, 3.05) is 7.11 Å². The van der Waals surface area contributed by atoms with Crippen LogP contribution in [0.25, 0.3) is 11.3 Å². The van der Waals surface area contributed by atoms with E-state index in [2.05, 4.69) is 0 Å². The average Bonchev–Trinajstić information content (AvgIpc) is 2.96. The van der Waals surface area contributed by atoms with Crippen LogP contribution in [0.5, 0.6) is 5.75 Å². The fourth-order valence-electron chi connectivity index (χ4n) is 2.97. The van der Waals surface area contributed by atoms with Gasteiger partial charge in [0.1, 0.15) is 23.1 Å². The Morgan fingerprint density at radius 1 is 1.03 bits per heavy atom. The molecule has 1 heterocycles. The number of halogens is 6. The van der Waals surface area contributed by atoms with Crippen LogP contribution in [0.1, 0.15) is 16.8 Å². The highest BCUT2D eigenvalue weighted by Gasteiger charge is 2.41. The third-order valence-corrected chi connectivity index (χ3v) is 5.39. The van der Waals surface area contributed by atoms with E-state index >= 15 is 0 Å². The molecule has 0 aliphatic rings. The van der Waals surface area contributed by atoms with E-state index in [1.807, 2.05) is 0 Å². The lowest BCUT2D eigenvalue weighted by Crippen LogP contribution is -2.09. The zero-order chi connectivity index (χ0) is 21.3. The maximum Gasteiger partial charge on any atom is 0.419 e. The molecule has 0 spiro atoms. The first kappa shape index (κ1) is 21.4. The Bertz CT molecular complexity index is 1100. The quantitative estimate of drug-likeness (QED) is 0.419. The summed E-state index contributed by atoms with van der Waals surface area (Å²) < 4.78 is 47.9. The number of hydrogen-bond acceptors (Lipinski definition) is 2. The highest BCUT2D eigenvalue weighted by atomic mass is 35.5. The summed E-state index contributed by atoms with van der Waals surface area (Å²) in [4.78, 5) is 0. The smallest absolute Gasteiger partial charge is 0.419 e. The lowest BCUT2D eigenvalue weighted by atomic mass is 10.1. The van der Waals surface area contributed by atoms with E-state index < -0.39 is 16.8 Å². The average molecular weight is 460 g/mol. The minimum Gasteiger partial charge on any atom is -0.497 e. The Balaban J connectivity index is 2.27. The van der Waals surface area contributed by atoms with Crippen LogP contribution < -0.4 is 4.74 Å². The number of benzene rings is 2. The molecule has 0 radical (unpaired) electrons. The second kappa shape index (κ2) is 8.19. The summed E-state index contributed by atoms with van der Waals surface area (Å²) >= 11 is 17.9. The molecule has 0 saturated carbocycles. The zero-order valence-electron chi connectivity index (χ0n) is 14.8. The predicted octanol–water partition coefficient (Wildman–Crippen LogP) is 7.06. The van der Waals surface area contributed by atoms with Crippen molar-refractivity contribution in [3.8, 4) is 23.1 Å². The molecular weight excluding hydrogens is 448 g/mol. The number of alkyl halides is 3. The molecule has 0 aliphatic carbocycles. The molecule has 0 atom stereocenters. The summed E-state index contributed by atoms with van der Waals surface area (Å²) in [7, 11) is 1.51. The van der Waals surface area contributed by atoms with E-state index in [1.165, 1.54) is 29.9 Å². The van der Waals surface area contributed by atoms with Crippen LogP contribution in [-0.4, -0.2) is 11.7 Å². The first-order valence-electron chi connectivity index (χ1n) is 8.15. The Kier molecular flexibility index (Phi) is 6.04. The van der Waals surface area contributed by atoms with Crippen molar-refractivity contribution >= 4 is 34.8 Å². The summed E-state index contributed by atoms with van der Waals surface area (Å²) in [6.07, 6.45) is -4.78. The molecule has 3 rings (SSSR count). The molecule has 0 aliphatic heterocycles. The molecule has 0 N–H and O–H groups in total.